The molecule has 0 aliphatic carbocycles. The van der Waals surface area contributed by atoms with Gasteiger partial charge in [0, 0.05) is 6.42 Å². The first-order valence-electron chi connectivity index (χ1n) is 3.99. The van der Waals surface area contributed by atoms with Gasteiger partial charge in [0.15, 0.2) is 5.79 Å². The Morgan fingerprint density at radius 2 is 2.27 bits per heavy atom. The first-order valence-corrected chi connectivity index (χ1v) is 3.99. The van der Waals surface area contributed by atoms with Gasteiger partial charge in [-0.05, 0) is 20.8 Å². The highest BCUT2D eigenvalue weighted by atomic mass is 16.7. The van der Waals surface area contributed by atoms with Crippen LogP contribution in [0.5, 0.6) is 0 Å². The second kappa shape index (κ2) is 3.09. The quantitative estimate of drug-likeness (QED) is 0.652. The molecule has 0 aromatic carbocycles. The van der Waals surface area contributed by atoms with Gasteiger partial charge in [-0.1, -0.05) is 0 Å². The largest absolute Gasteiger partial charge is 0.393 e. The van der Waals surface area contributed by atoms with Crippen LogP contribution in [-0.4, -0.2) is 29.7 Å². The topological polar surface area (TPSA) is 38.7 Å². The Bertz CT molecular complexity index is 131. The number of rotatable bonds is 2. The second-order valence-corrected chi connectivity index (χ2v) is 3.54. The van der Waals surface area contributed by atoms with Gasteiger partial charge in [-0.2, -0.15) is 0 Å². The molecule has 1 saturated heterocycles. The van der Waals surface area contributed by atoms with E-state index in [1.165, 1.54) is 0 Å². The molecule has 2 atom stereocenters. The number of ether oxygens (including phenoxy) is 2. The predicted octanol–water partition coefficient (Wildman–Crippen LogP) is 0.909. The fraction of sp³-hybridized carbons (Fsp3) is 1.00. The van der Waals surface area contributed by atoms with E-state index in [0.717, 1.165) is 0 Å². The summed E-state index contributed by atoms with van der Waals surface area (Å²) < 4.78 is 10.8. The van der Waals surface area contributed by atoms with Crippen molar-refractivity contribution in [3.05, 3.63) is 0 Å². The summed E-state index contributed by atoms with van der Waals surface area (Å²) in [5.74, 6) is -0.459. The minimum Gasteiger partial charge on any atom is -0.393 e. The number of hydrogen-bond acceptors (Lipinski definition) is 3. The summed E-state index contributed by atoms with van der Waals surface area (Å²) in [7, 11) is 0. The minimum absolute atomic E-state index is 0.0602. The zero-order chi connectivity index (χ0) is 8.48. The summed E-state index contributed by atoms with van der Waals surface area (Å²) in [6.07, 6.45) is 0.408. The van der Waals surface area contributed by atoms with Gasteiger partial charge in [0.1, 0.15) is 0 Å². The molecule has 1 rings (SSSR count). The molecule has 0 radical (unpaired) electrons. The van der Waals surface area contributed by atoms with Crippen molar-refractivity contribution in [3.8, 4) is 0 Å². The van der Waals surface area contributed by atoms with Crippen molar-refractivity contribution in [2.45, 2.75) is 45.2 Å². The maximum atomic E-state index is 9.05. The normalized spacial score (nSPS) is 32.2. The molecular formula is C8H16O3. The summed E-state index contributed by atoms with van der Waals surface area (Å²) in [6, 6.07) is 0. The molecular weight excluding hydrogens is 144 g/mol. The third-order valence-corrected chi connectivity index (χ3v) is 1.67. The fourth-order valence-corrected chi connectivity index (χ4v) is 1.26. The van der Waals surface area contributed by atoms with Gasteiger partial charge in [-0.3, -0.25) is 0 Å². The van der Waals surface area contributed by atoms with E-state index in [-0.39, 0.29) is 12.2 Å². The Morgan fingerprint density at radius 1 is 1.64 bits per heavy atom. The van der Waals surface area contributed by atoms with Crippen LogP contribution < -0.4 is 0 Å². The maximum absolute atomic E-state index is 9.05. The van der Waals surface area contributed by atoms with E-state index in [1.54, 1.807) is 6.92 Å². The first kappa shape index (κ1) is 8.97. The lowest BCUT2D eigenvalue weighted by Crippen LogP contribution is -2.23. The van der Waals surface area contributed by atoms with Crippen molar-refractivity contribution in [3.63, 3.8) is 0 Å². The molecule has 0 bridgehead atoms. The lowest BCUT2D eigenvalue weighted by atomic mass is 10.2. The van der Waals surface area contributed by atoms with Crippen molar-refractivity contribution in [1.82, 2.24) is 0 Å². The number of aliphatic hydroxyl groups excluding tert-OH is 1. The molecule has 1 aliphatic rings. The maximum Gasteiger partial charge on any atom is 0.163 e. The summed E-state index contributed by atoms with van der Waals surface area (Å²) in [4.78, 5) is 0. The molecule has 0 saturated carbocycles. The van der Waals surface area contributed by atoms with E-state index in [2.05, 4.69) is 0 Å². The van der Waals surface area contributed by atoms with E-state index in [0.29, 0.717) is 13.0 Å². The fourth-order valence-electron chi connectivity index (χ4n) is 1.26. The van der Waals surface area contributed by atoms with Crippen molar-refractivity contribution in [2.75, 3.05) is 6.61 Å². The molecule has 0 aromatic rings. The zero-order valence-electron chi connectivity index (χ0n) is 7.33. The van der Waals surface area contributed by atoms with E-state index < -0.39 is 5.79 Å². The van der Waals surface area contributed by atoms with Gasteiger partial charge >= 0.3 is 0 Å². The molecule has 66 valence electrons. The van der Waals surface area contributed by atoms with Gasteiger partial charge < -0.3 is 14.6 Å². The lowest BCUT2D eigenvalue weighted by Gasteiger charge is -2.17. The van der Waals surface area contributed by atoms with Gasteiger partial charge in [0.2, 0.25) is 0 Å². The third-order valence-electron chi connectivity index (χ3n) is 1.67. The van der Waals surface area contributed by atoms with E-state index >= 15 is 0 Å². The average molecular weight is 160 g/mol. The van der Waals surface area contributed by atoms with Crippen LogP contribution in [0.3, 0.4) is 0 Å². The molecule has 1 fully saturated rings. The van der Waals surface area contributed by atoms with Crippen LogP contribution in [0.4, 0.5) is 0 Å². The van der Waals surface area contributed by atoms with Gasteiger partial charge in [-0.15, -0.1) is 0 Å². The van der Waals surface area contributed by atoms with Gasteiger partial charge in [0.25, 0.3) is 0 Å². The molecule has 1 aliphatic heterocycles. The standard InChI is InChI=1S/C8H16O3/c1-6(9)4-7-5-10-8(2,3)11-7/h6-7,9H,4-5H2,1-3H3/t6-,7+/m1/s1. The smallest absolute Gasteiger partial charge is 0.163 e. The van der Waals surface area contributed by atoms with E-state index in [4.69, 9.17) is 14.6 Å². The first-order chi connectivity index (χ1) is 4.99. The van der Waals surface area contributed by atoms with Crippen molar-refractivity contribution < 1.29 is 14.6 Å². The van der Waals surface area contributed by atoms with Crippen LogP contribution in [0.2, 0.25) is 0 Å². The molecule has 11 heavy (non-hydrogen) atoms. The van der Waals surface area contributed by atoms with Crippen molar-refractivity contribution >= 4 is 0 Å². The Balaban J connectivity index is 2.31. The second-order valence-electron chi connectivity index (χ2n) is 3.54. The van der Waals surface area contributed by atoms with Gasteiger partial charge in [-0.25, -0.2) is 0 Å². The summed E-state index contributed by atoms with van der Waals surface area (Å²) >= 11 is 0. The molecule has 0 aromatic heterocycles. The van der Waals surface area contributed by atoms with Crippen LogP contribution in [0.15, 0.2) is 0 Å². The molecule has 1 N–H and O–H groups in total. The monoisotopic (exact) mass is 160 g/mol. The molecule has 1 heterocycles. The number of aliphatic hydroxyl groups is 1. The molecule has 0 amide bonds. The summed E-state index contributed by atoms with van der Waals surface area (Å²) in [5, 5.41) is 9.05. The Labute approximate surface area is 67.3 Å². The SMILES string of the molecule is C[C@@H](O)C[C@H]1COC(C)(C)O1. The predicted molar refractivity (Wildman–Crippen MR) is 41.2 cm³/mol. The number of hydrogen-bond donors (Lipinski definition) is 1. The van der Waals surface area contributed by atoms with Crippen molar-refractivity contribution in [2.24, 2.45) is 0 Å². The Hall–Kier alpha value is -0.120. The molecule has 0 spiro atoms. The van der Waals surface area contributed by atoms with E-state index in [9.17, 15) is 0 Å². The highest BCUT2D eigenvalue weighted by molar-refractivity contribution is 4.72. The lowest BCUT2D eigenvalue weighted by molar-refractivity contribution is -0.141. The molecule has 3 heteroatoms. The summed E-state index contributed by atoms with van der Waals surface area (Å²) in [6.45, 7) is 6.12. The van der Waals surface area contributed by atoms with Gasteiger partial charge in [0.05, 0.1) is 18.8 Å². The van der Waals surface area contributed by atoms with Crippen LogP contribution in [0.1, 0.15) is 27.2 Å². The van der Waals surface area contributed by atoms with Crippen molar-refractivity contribution in [1.29, 1.82) is 0 Å². The van der Waals surface area contributed by atoms with Crippen LogP contribution in [-0.2, 0) is 9.47 Å². The Kier molecular flexibility index (Phi) is 2.52. The highest BCUT2D eigenvalue weighted by Gasteiger charge is 2.32. The van der Waals surface area contributed by atoms with E-state index in [1.807, 2.05) is 13.8 Å². The molecule has 0 unspecified atom stereocenters. The molecule has 3 nitrogen and oxygen atoms in total. The average Bonchev–Trinajstić information content (AvgIpc) is 2.08. The highest BCUT2D eigenvalue weighted by Crippen LogP contribution is 2.24. The summed E-state index contributed by atoms with van der Waals surface area (Å²) in [5.41, 5.74) is 0. The minimum atomic E-state index is -0.459. The Morgan fingerprint density at radius 3 is 2.64 bits per heavy atom. The third kappa shape index (κ3) is 2.77. The zero-order valence-corrected chi connectivity index (χ0v) is 7.33. The van der Waals surface area contributed by atoms with Crippen LogP contribution >= 0.6 is 0 Å². The van der Waals surface area contributed by atoms with Crippen LogP contribution in [0.25, 0.3) is 0 Å². The van der Waals surface area contributed by atoms with Crippen LogP contribution in [0, 0.1) is 0 Å².